The van der Waals surface area contributed by atoms with E-state index in [1.54, 1.807) is 0 Å². The quantitative estimate of drug-likeness (QED) is 0.573. The molecule has 0 saturated carbocycles. The first-order chi connectivity index (χ1) is 10.1. The second-order valence-corrected chi connectivity index (χ2v) is 6.40. The average Bonchev–Trinajstić information content (AvgIpc) is 2.85. The van der Waals surface area contributed by atoms with Crippen molar-refractivity contribution < 1.29 is 4.74 Å². The van der Waals surface area contributed by atoms with Gasteiger partial charge in [0.25, 0.3) is 0 Å². The van der Waals surface area contributed by atoms with E-state index in [0.29, 0.717) is 0 Å². The van der Waals surface area contributed by atoms with Crippen LogP contribution in [-0.2, 0) is 0 Å². The largest absolute Gasteiger partial charge is 0.444 e. The molecule has 106 valence electrons. The molecule has 0 aliphatic rings. The van der Waals surface area contributed by atoms with Crippen LogP contribution in [0.1, 0.15) is 11.1 Å². The van der Waals surface area contributed by atoms with Gasteiger partial charge in [0.05, 0.1) is 4.47 Å². The highest BCUT2D eigenvalue weighted by atomic mass is 79.9. The van der Waals surface area contributed by atoms with Crippen LogP contribution in [-0.4, -0.2) is 4.37 Å². The van der Waals surface area contributed by atoms with Crippen LogP contribution in [0.15, 0.2) is 53.0 Å². The molecular weight excluding hydrogens is 346 g/mol. The first-order valence-electron chi connectivity index (χ1n) is 6.61. The third kappa shape index (κ3) is 3.01. The summed E-state index contributed by atoms with van der Waals surface area (Å²) >= 11 is 4.97. The van der Waals surface area contributed by atoms with Crippen molar-refractivity contribution in [1.82, 2.24) is 4.37 Å². The number of aryl methyl sites for hydroxylation is 2. The third-order valence-corrected chi connectivity index (χ3v) is 4.93. The summed E-state index contributed by atoms with van der Waals surface area (Å²) in [5.41, 5.74) is 4.29. The average molecular weight is 360 g/mol. The summed E-state index contributed by atoms with van der Waals surface area (Å²) in [4.78, 5) is 0. The van der Waals surface area contributed by atoms with Crippen LogP contribution in [0.2, 0.25) is 0 Å². The molecule has 0 N–H and O–H groups in total. The van der Waals surface area contributed by atoms with Gasteiger partial charge in [0, 0.05) is 17.1 Å². The predicted octanol–water partition coefficient (Wildman–Crippen LogP) is 5.98. The maximum Gasteiger partial charge on any atom is 0.214 e. The van der Waals surface area contributed by atoms with Crippen molar-refractivity contribution in [2.75, 3.05) is 0 Å². The van der Waals surface area contributed by atoms with Crippen molar-refractivity contribution >= 4 is 27.5 Å². The van der Waals surface area contributed by atoms with E-state index in [2.05, 4.69) is 39.4 Å². The number of nitrogens with zero attached hydrogens (tertiary/aromatic N) is 1. The molecule has 3 aromatic rings. The molecule has 0 aliphatic heterocycles. The van der Waals surface area contributed by atoms with Crippen LogP contribution in [0.5, 0.6) is 10.8 Å². The Bertz CT molecular complexity index is 768. The van der Waals surface area contributed by atoms with Crippen molar-refractivity contribution in [2.45, 2.75) is 13.8 Å². The number of halogens is 1. The molecule has 1 heterocycles. The van der Waals surface area contributed by atoms with Crippen molar-refractivity contribution in [2.24, 2.45) is 0 Å². The molecule has 0 unspecified atom stereocenters. The summed E-state index contributed by atoms with van der Waals surface area (Å²) in [6.07, 6.45) is 0. The van der Waals surface area contributed by atoms with E-state index < -0.39 is 0 Å². The number of aromatic nitrogens is 1. The number of hydrogen-bond donors (Lipinski definition) is 0. The summed E-state index contributed by atoms with van der Waals surface area (Å²) < 4.78 is 11.4. The van der Waals surface area contributed by atoms with Crippen molar-refractivity contribution in [3.63, 3.8) is 0 Å². The van der Waals surface area contributed by atoms with E-state index in [1.165, 1.54) is 17.1 Å². The Hall–Kier alpha value is -1.65. The first-order valence-corrected chi connectivity index (χ1v) is 8.17. The second-order valence-electron chi connectivity index (χ2n) is 4.87. The fourth-order valence-corrected chi connectivity index (χ4v) is 3.43. The SMILES string of the molecule is Cc1ccc(C)c(Oc2snc(-c3ccccc3)c2Br)c1. The van der Waals surface area contributed by atoms with Crippen molar-refractivity contribution in [3.05, 3.63) is 64.1 Å². The number of benzene rings is 2. The molecule has 0 spiro atoms. The topological polar surface area (TPSA) is 22.1 Å². The highest BCUT2D eigenvalue weighted by molar-refractivity contribution is 9.10. The molecule has 21 heavy (non-hydrogen) atoms. The van der Waals surface area contributed by atoms with Crippen LogP contribution >= 0.6 is 27.5 Å². The molecule has 0 aliphatic carbocycles. The van der Waals surface area contributed by atoms with E-state index in [0.717, 1.165) is 32.1 Å². The molecular formula is C17H14BrNOS. The van der Waals surface area contributed by atoms with E-state index in [4.69, 9.17) is 4.74 Å². The Labute approximate surface area is 136 Å². The van der Waals surface area contributed by atoms with Gasteiger partial charge in [-0.15, -0.1) is 0 Å². The van der Waals surface area contributed by atoms with Gasteiger partial charge in [0.15, 0.2) is 0 Å². The highest BCUT2D eigenvalue weighted by Gasteiger charge is 2.15. The Morgan fingerprint density at radius 2 is 1.81 bits per heavy atom. The number of hydrogen-bond acceptors (Lipinski definition) is 3. The van der Waals surface area contributed by atoms with Gasteiger partial charge >= 0.3 is 0 Å². The van der Waals surface area contributed by atoms with E-state index in [1.807, 2.05) is 43.3 Å². The van der Waals surface area contributed by atoms with Gasteiger partial charge in [-0.1, -0.05) is 42.5 Å². The zero-order chi connectivity index (χ0) is 14.8. The van der Waals surface area contributed by atoms with Crippen molar-refractivity contribution in [3.8, 4) is 22.1 Å². The Kier molecular flexibility index (Phi) is 4.08. The van der Waals surface area contributed by atoms with Gasteiger partial charge in [-0.05, 0) is 47.0 Å². The summed E-state index contributed by atoms with van der Waals surface area (Å²) in [5, 5.41) is 0.780. The van der Waals surface area contributed by atoms with Gasteiger partial charge in [-0.25, -0.2) is 0 Å². The van der Waals surface area contributed by atoms with E-state index in [9.17, 15) is 0 Å². The Morgan fingerprint density at radius 3 is 2.57 bits per heavy atom. The summed E-state index contributed by atoms with van der Waals surface area (Å²) in [6.45, 7) is 4.10. The number of rotatable bonds is 3. The number of ether oxygens (including phenoxy) is 1. The zero-order valence-corrected chi connectivity index (χ0v) is 14.2. The molecule has 4 heteroatoms. The van der Waals surface area contributed by atoms with Gasteiger partial charge in [0.2, 0.25) is 5.06 Å². The summed E-state index contributed by atoms with van der Waals surface area (Å²) in [6, 6.07) is 16.3. The van der Waals surface area contributed by atoms with Crippen LogP contribution < -0.4 is 4.74 Å². The second kappa shape index (κ2) is 6.00. The van der Waals surface area contributed by atoms with Crippen LogP contribution in [0.3, 0.4) is 0 Å². The van der Waals surface area contributed by atoms with E-state index in [-0.39, 0.29) is 0 Å². The van der Waals surface area contributed by atoms with Gasteiger partial charge in [-0.3, -0.25) is 0 Å². The summed E-state index contributed by atoms with van der Waals surface area (Å²) in [5.74, 6) is 0.874. The lowest BCUT2D eigenvalue weighted by Crippen LogP contribution is -1.87. The maximum atomic E-state index is 6.03. The molecule has 0 saturated heterocycles. The fourth-order valence-electron chi connectivity index (χ4n) is 2.02. The molecule has 2 nitrogen and oxygen atoms in total. The van der Waals surface area contributed by atoms with Gasteiger partial charge in [-0.2, -0.15) is 4.37 Å². The molecule has 0 bridgehead atoms. The fraction of sp³-hybridized carbons (Fsp3) is 0.118. The normalized spacial score (nSPS) is 10.6. The minimum Gasteiger partial charge on any atom is -0.444 e. The van der Waals surface area contributed by atoms with E-state index >= 15 is 0 Å². The molecule has 0 radical (unpaired) electrons. The van der Waals surface area contributed by atoms with Crippen LogP contribution in [0.4, 0.5) is 0 Å². The van der Waals surface area contributed by atoms with Crippen LogP contribution in [0.25, 0.3) is 11.3 Å². The molecule has 0 amide bonds. The minimum atomic E-state index is 0.780. The highest BCUT2D eigenvalue weighted by Crippen LogP contribution is 2.41. The van der Waals surface area contributed by atoms with Crippen molar-refractivity contribution in [1.29, 1.82) is 0 Å². The zero-order valence-electron chi connectivity index (χ0n) is 11.8. The minimum absolute atomic E-state index is 0.780. The molecule has 3 rings (SSSR count). The Balaban J connectivity index is 1.94. The Morgan fingerprint density at radius 1 is 1.05 bits per heavy atom. The lowest BCUT2D eigenvalue weighted by molar-refractivity contribution is 0.489. The monoisotopic (exact) mass is 359 g/mol. The lowest BCUT2D eigenvalue weighted by Gasteiger charge is -2.07. The molecule has 1 aromatic heterocycles. The molecule has 0 atom stereocenters. The van der Waals surface area contributed by atoms with Gasteiger partial charge < -0.3 is 4.74 Å². The maximum absolute atomic E-state index is 6.03. The molecule has 0 fully saturated rings. The first kappa shape index (κ1) is 14.3. The smallest absolute Gasteiger partial charge is 0.214 e. The third-order valence-electron chi connectivity index (χ3n) is 3.20. The molecule has 2 aromatic carbocycles. The van der Waals surface area contributed by atoms with Gasteiger partial charge in [0.1, 0.15) is 11.4 Å². The standard InChI is InChI=1S/C17H14BrNOS/c1-11-8-9-12(2)14(10-11)20-17-15(18)16(19-21-17)13-6-4-3-5-7-13/h3-10H,1-2H3. The van der Waals surface area contributed by atoms with Crippen LogP contribution in [0, 0.1) is 13.8 Å². The predicted molar refractivity (Wildman–Crippen MR) is 91.2 cm³/mol. The lowest BCUT2D eigenvalue weighted by atomic mass is 10.1. The summed E-state index contributed by atoms with van der Waals surface area (Å²) in [7, 11) is 0.